The lowest BCUT2D eigenvalue weighted by molar-refractivity contribution is 0.202. The molecule has 6 heteroatoms. The van der Waals surface area contributed by atoms with Crippen LogP contribution >= 0.6 is 0 Å². The Balaban J connectivity index is 3.12. The van der Waals surface area contributed by atoms with Crippen molar-refractivity contribution in [2.75, 3.05) is 50.7 Å². The predicted octanol–water partition coefficient (Wildman–Crippen LogP) is 1.22. The van der Waals surface area contributed by atoms with Crippen LogP contribution in [0.1, 0.15) is 24.7 Å². The minimum absolute atomic E-state index is 0.0884. The highest BCUT2D eigenvalue weighted by molar-refractivity contribution is 5.58. The molecule has 0 saturated carbocycles. The second-order valence-electron chi connectivity index (χ2n) is 4.64. The molecule has 1 rings (SSSR count). The third kappa shape index (κ3) is 4.31. The third-order valence-electron chi connectivity index (χ3n) is 3.11. The second kappa shape index (κ2) is 8.71. The number of hydrogen-bond acceptors (Lipinski definition) is 6. The predicted molar refractivity (Wildman–Crippen MR) is 81.5 cm³/mol. The Bertz CT molecular complexity index is 412. The number of hydrogen-bond donors (Lipinski definition) is 2. The normalized spacial score (nSPS) is 10.7. The van der Waals surface area contributed by atoms with Crippen LogP contribution < -0.4 is 10.2 Å². The van der Waals surface area contributed by atoms with E-state index < -0.39 is 0 Å². The van der Waals surface area contributed by atoms with Gasteiger partial charge in [-0.2, -0.15) is 0 Å². The van der Waals surface area contributed by atoms with Crippen molar-refractivity contribution >= 4 is 11.6 Å². The zero-order valence-electron chi connectivity index (χ0n) is 12.9. The third-order valence-corrected chi connectivity index (χ3v) is 3.11. The fourth-order valence-electron chi connectivity index (χ4n) is 2.08. The van der Waals surface area contributed by atoms with E-state index in [4.69, 9.17) is 4.74 Å². The standard InChI is InChI=1S/C14H26N4O2/c1-5-6-12-16-13(15-3)11(2)14(17-12)18(7-9-19)8-10-20-4/h19H,5-10H2,1-4H3,(H,15,16,17). The molecular weight excluding hydrogens is 256 g/mol. The molecule has 1 aromatic heterocycles. The molecular formula is C14H26N4O2. The highest BCUT2D eigenvalue weighted by Crippen LogP contribution is 2.23. The Kier molecular flexibility index (Phi) is 7.25. The maximum absolute atomic E-state index is 9.25. The molecule has 2 N–H and O–H groups in total. The van der Waals surface area contributed by atoms with Crippen molar-refractivity contribution in [2.24, 2.45) is 0 Å². The van der Waals surface area contributed by atoms with E-state index in [0.717, 1.165) is 35.9 Å². The summed E-state index contributed by atoms with van der Waals surface area (Å²) in [6, 6.07) is 0. The van der Waals surface area contributed by atoms with Gasteiger partial charge in [0.05, 0.1) is 13.2 Å². The highest BCUT2D eigenvalue weighted by Gasteiger charge is 2.15. The Morgan fingerprint density at radius 1 is 1.30 bits per heavy atom. The summed E-state index contributed by atoms with van der Waals surface area (Å²) in [4.78, 5) is 11.2. The number of rotatable bonds is 9. The Hall–Kier alpha value is -1.40. The number of aliphatic hydroxyl groups is 1. The highest BCUT2D eigenvalue weighted by atomic mass is 16.5. The second-order valence-corrected chi connectivity index (χ2v) is 4.64. The smallest absolute Gasteiger partial charge is 0.137 e. The summed E-state index contributed by atoms with van der Waals surface area (Å²) in [7, 11) is 3.53. The minimum Gasteiger partial charge on any atom is -0.395 e. The molecule has 0 aliphatic rings. The number of aryl methyl sites for hydroxylation is 1. The Morgan fingerprint density at radius 2 is 2.05 bits per heavy atom. The van der Waals surface area contributed by atoms with Crippen LogP contribution in [0.15, 0.2) is 0 Å². The van der Waals surface area contributed by atoms with Gasteiger partial charge in [0.2, 0.25) is 0 Å². The molecule has 0 aliphatic heterocycles. The average molecular weight is 282 g/mol. The lowest BCUT2D eigenvalue weighted by Crippen LogP contribution is -2.32. The number of anilines is 2. The molecule has 0 atom stereocenters. The van der Waals surface area contributed by atoms with Gasteiger partial charge in [0.25, 0.3) is 0 Å². The van der Waals surface area contributed by atoms with Crippen LogP contribution in [0.2, 0.25) is 0 Å². The first-order chi connectivity index (χ1) is 9.67. The number of ether oxygens (including phenoxy) is 1. The van der Waals surface area contributed by atoms with Crippen molar-refractivity contribution in [3.63, 3.8) is 0 Å². The summed E-state index contributed by atoms with van der Waals surface area (Å²) >= 11 is 0. The molecule has 0 radical (unpaired) electrons. The molecule has 0 bridgehead atoms. The number of methoxy groups -OCH3 is 1. The molecule has 1 aromatic rings. The van der Waals surface area contributed by atoms with E-state index in [9.17, 15) is 5.11 Å². The van der Waals surface area contributed by atoms with Crippen LogP contribution in [0.25, 0.3) is 0 Å². The van der Waals surface area contributed by atoms with Crippen LogP contribution in [0, 0.1) is 6.92 Å². The van der Waals surface area contributed by atoms with E-state index >= 15 is 0 Å². The Morgan fingerprint density at radius 3 is 2.60 bits per heavy atom. The SMILES string of the molecule is CCCc1nc(NC)c(C)c(N(CCO)CCOC)n1. The fourth-order valence-corrected chi connectivity index (χ4v) is 2.08. The molecule has 0 aromatic carbocycles. The van der Waals surface area contributed by atoms with Gasteiger partial charge in [-0.15, -0.1) is 0 Å². The first kappa shape index (κ1) is 16.7. The quantitative estimate of drug-likeness (QED) is 0.710. The molecule has 0 spiro atoms. The van der Waals surface area contributed by atoms with E-state index in [-0.39, 0.29) is 6.61 Å². The summed E-state index contributed by atoms with van der Waals surface area (Å²) in [6.45, 7) is 6.03. The first-order valence-electron chi connectivity index (χ1n) is 7.07. The maximum Gasteiger partial charge on any atom is 0.137 e. The van der Waals surface area contributed by atoms with Gasteiger partial charge in [0.1, 0.15) is 17.5 Å². The molecule has 6 nitrogen and oxygen atoms in total. The lowest BCUT2D eigenvalue weighted by Gasteiger charge is -2.25. The van der Waals surface area contributed by atoms with Gasteiger partial charge in [-0.3, -0.25) is 0 Å². The molecule has 0 unspecified atom stereocenters. The van der Waals surface area contributed by atoms with Gasteiger partial charge in [-0.1, -0.05) is 6.92 Å². The van der Waals surface area contributed by atoms with Crippen molar-refractivity contribution in [1.82, 2.24) is 9.97 Å². The van der Waals surface area contributed by atoms with Crippen LogP contribution in [-0.4, -0.2) is 55.5 Å². The topological polar surface area (TPSA) is 70.5 Å². The van der Waals surface area contributed by atoms with Crippen LogP contribution in [0.3, 0.4) is 0 Å². The van der Waals surface area contributed by atoms with E-state index in [1.165, 1.54) is 0 Å². The van der Waals surface area contributed by atoms with Crippen molar-refractivity contribution in [3.05, 3.63) is 11.4 Å². The summed E-state index contributed by atoms with van der Waals surface area (Å²) in [5, 5.41) is 12.4. The number of nitrogens with one attached hydrogen (secondary N) is 1. The van der Waals surface area contributed by atoms with Gasteiger partial charge < -0.3 is 20.1 Å². The number of nitrogens with zero attached hydrogens (tertiary/aromatic N) is 3. The molecule has 0 amide bonds. The molecule has 1 heterocycles. The molecule has 0 saturated heterocycles. The average Bonchev–Trinajstić information content (AvgIpc) is 2.45. The van der Waals surface area contributed by atoms with Crippen molar-refractivity contribution in [2.45, 2.75) is 26.7 Å². The van der Waals surface area contributed by atoms with Gasteiger partial charge in [-0.25, -0.2) is 9.97 Å². The number of aliphatic hydroxyl groups excluding tert-OH is 1. The summed E-state index contributed by atoms with van der Waals surface area (Å²) in [5.41, 5.74) is 0.997. The molecule has 0 fully saturated rings. The zero-order valence-corrected chi connectivity index (χ0v) is 12.9. The largest absolute Gasteiger partial charge is 0.395 e. The molecule has 20 heavy (non-hydrogen) atoms. The van der Waals surface area contributed by atoms with Gasteiger partial charge in [-0.05, 0) is 13.3 Å². The Labute approximate surface area is 121 Å². The fraction of sp³-hybridized carbons (Fsp3) is 0.714. The van der Waals surface area contributed by atoms with Crippen molar-refractivity contribution < 1.29 is 9.84 Å². The summed E-state index contributed by atoms with van der Waals surface area (Å²) in [5.74, 6) is 2.55. The van der Waals surface area contributed by atoms with Crippen molar-refractivity contribution in [1.29, 1.82) is 0 Å². The van der Waals surface area contributed by atoms with E-state index in [1.54, 1.807) is 7.11 Å². The summed E-state index contributed by atoms with van der Waals surface area (Å²) in [6.07, 6.45) is 1.85. The first-order valence-corrected chi connectivity index (χ1v) is 7.07. The van der Waals surface area contributed by atoms with E-state index in [2.05, 4.69) is 22.2 Å². The van der Waals surface area contributed by atoms with E-state index in [0.29, 0.717) is 19.7 Å². The van der Waals surface area contributed by atoms with Gasteiger partial charge in [0.15, 0.2) is 0 Å². The van der Waals surface area contributed by atoms with Crippen molar-refractivity contribution in [3.8, 4) is 0 Å². The number of aromatic nitrogens is 2. The maximum atomic E-state index is 9.25. The van der Waals surface area contributed by atoms with Crippen LogP contribution in [0.4, 0.5) is 11.6 Å². The molecule has 0 aliphatic carbocycles. The zero-order chi connectivity index (χ0) is 15.0. The molecule has 114 valence electrons. The van der Waals surface area contributed by atoms with Gasteiger partial charge >= 0.3 is 0 Å². The minimum atomic E-state index is 0.0884. The van der Waals surface area contributed by atoms with E-state index in [1.807, 2.05) is 18.9 Å². The van der Waals surface area contributed by atoms with Crippen LogP contribution in [-0.2, 0) is 11.2 Å². The monoisotopic (exact) mass is 282 g/mol. The van der Waals surface area contributed by atoms with Crippen LogP contribution in [0.5, 0.6) is 0 Å². The summed E-state index contributed by atoms with van der Waals surface area (Å²) < 4.78 is 5.13. The van der Waals surface area contributed by atoms with Gasteiger partial charge in [0, 0.05) is 39.2 Å². The lowest BCUT2D eigenvalue weighted by atomic mass is 10.2.